The largest absolute Gasteiger partial charge is 0.378 e. The van der Waals surface area contributed by atoms with E-state index in [1.54, 1.807) is 7.11 Å². The summed E-state index contributed by atoms with van der Waals surface area (Å²) in [7, 11) is 1.74. The van der Waals surface area contributed by atoms with Crippen LogP contribution in [0.4, 0.5) is 0 Å². The normalized spacial score (nSPS) is 36.3. The maximum Gasteiger partial charge on any atom is 0.225 e. The lowest BCUT2D eigenvalue weighted by atomic mass is 9.55. The third-order valence-corrected chi connectivity index (χ3v) is 6.63. The molecular formula is C18H30N2O3. The number of piperidine rings is 1. The first kappa shape index (κ1) is 16.7. The number of likely N-dealkylation sites (tertiary alicyclic amines) is 1. The van der Waals surface area contributed by atoms with Gasteiger partial charge in [-0.2, -0.15) is 0 Å². The topological polar surface area (TPSA) is 58.6 Å². The fraction of sp³-hybridized carbons (Fsp3) is 0.889. The van der Waals surface area contributed by atoms with Crippen molar-refractivity contribution >= 4 is 11.8 Å². The molecule has 0 bridgehead atoms. The molecule has 1 heterocycles. The van der Waals surface area contributed by atoms with E-state index in [0.29, 0.717) is 6.54 Å². The van der Waals surface area contributed by atoms with Crippen molar-refractivity contribution < 1.29 is 14.3 Å². The summed E-state index contributed by atoms with van der Waals surface area (Å²) in [4.78, 5) is 26.8. The van der Waals surface area contributed by atoms with E-state index in [0.717, 1.165) is 38.6 Å². The summed E-state index contributed by atoms with van der Waals surface area (Å²) >= 11 is 0. The predicted molar refractivity (Wildman–Crippen MR) is 87.8 cm³/mol. The minimum absolute atomic E-state index is 0.0587. The summed E-state index contributed by atoms with van der Waals surface area (Å²) in [5, 5.41) is 3.21. The third kappa shape index (κ3) is 2.88. The van der Waals surface area contributed by atoms with Crippen molar-refractivity contribution in [2.45, 2.75) is 64.5 Å². The molecule has 3 fully saturated rings. The summed E-state index contributed by atoms with van der Waals surface area (Å²) in [6.45, 7) is 7.81. The molecule has 2 saturated carbocycles. The van der Waals surface area contributed by atoms with Gasteiger partial charge in [0.25, 0.3) is 0 Å². The van der Waals surface area contributed by atoms with Crippen molar-refractivity contribution in [2.24, 2.45) is 17.3 Å². The second kappa shape index (κ2) is 5.76. The van der Waals surface area contributed by atoms with Gasteiger partial charge in [-0.15, -0.1) is 0 Å². The molecule has 5 heteroatoms. The first-order chi connectivity index (χ1) is 10.8. The lowest BCUT2D eigenvalue weighted by Crippen LogP contribution is -2.69. The van der Waals surface area contributed by atoms with E-state index in [1.807, 2.05) is 4.90 Å². The number of methoxy groups -OCH3 is 1. The first-order valence-electron chi connectivity index (χ1n) is 8.93. The van der Waals surface area contributed by atoms with Crippen LogP contribution in [0, 0.1) is 17.3 Å². The number of hydrogen-bond donors (Lipinski definition) is 1. The second-order valence-corrected chi connectivity index (χ2v) is 8.32. The van der Waals surface area contributed by atoms with Crippen LogP contribution in [-0.4, -0.2) is 48.6 Å². The fourth-order valence-electron chi connectivity index (χ4n) is 3.99. The number of nitrogens with zero attached hydrogens (tertiary/aromatic N) is 1. The van der Waals surface area contributed by atoms with Crippen LogP contribution in [0.15, 0.2) is 0 Å². The van der Waals surface area contributed by atoms with Gasteiger partial charge in [0.05, 0.1) is 11.5 Å². The molecule has 2 amide bonds. The molecule has 0 aromatic carbocycles. The fourth-order valence-corrected chi connectivity index (χ4v) is 3.99. The van der Waals surface area contributed by atoms with E-state index >= 15 is 0 Å². The maximum absolute atomic E-state index is 12.7. The zero-order valence-electron chi connectivity index (χ0n) is 14.9. The van der Waals surface area contributed by atoms with Crippen LogP contribution in [0.1, 0.15) is 52.9 Å². The van der Waals surface area contributed by atoms with Crippen LogP contribution in [0.2, 0.25) is 0 Å². The van der Waals surface area contributed by atoms with Gasteiger partial charge in [-0.3, -0.25) is 9.59 Å². The summed E-state index contributed by atoms with van der Waals surface area (Å²) in [6.07, 6.45) is 4.71. The molecular weight excluding hydrogens is 292 g/mol. The van der Waals surface area contributed by atoms with Crippen molar-refractivity contribution in [3.63, 3.8) is 0 Å². The minimum atomic E-state index is -0.175. The molecule has 0 aromatic rings. The molecule has 23 heavy (non-hydrogen) atoms. The average molecular weight is 322 g/mol. The van der Waals surface area contributed by atoms with Crippen molar-refractivity contribution in [2.75, 3.05) is 20.2 Å². The summed E-state index contributed by atoms with van der Waals surface area (Å²) in [5.74, 6) is 0.550. The molecule has 1 saturated heterocycles. The quantitative estimate of drug-likeness (QED) is 0.861. The Kier molecular flexibility index (Phi) is 4.20. The maximum atomic E-state index is 12.7. The van der Waals surface area contributed by atoms with Crippen molar-refractivity contribution in [3.8, 4) is 0 Å². The van der Waals surface area contributed by atoms with Gasteiger partial charge in [-0.1, -0.05) is 13.8 Å². The van der Waals surface area contributed by atoms with E-state index in [-0.39, 0.29) is 40.7 Å². The predicted octanol–water partition coefficient (Wildman–Crippen LogP) is 1.95. The Labute approximate surface area is 139 Å². The first-order valence-corrected chi connectivity index (χ1v) is 8.93. The standard InChI is InChI=1S/C18H30N2O3/c1-17(2)14(10-18(17,3)23-4)19-15(21)13-6-5-9-20(11-13)16(22)12-7-8-12/h12-14H,5-11H2,1-4H3,(H,19,21)/t13-,14-,18-/m1/s1. The van der Waals surface area contributed by atoms with Gasteiger partial charge in [0, 0.05) is 37.6 Å². The number of rotatable bonds is 4. The third-order valence-electron chi connectivity index (χ3n) is 6.63. The summed E-state index contributed by atoms with van der Waals surface area (Å²) < 4.78 is 5.62. The minimum Gasteiger partial charge on any atom is -0.378 e. The van der Waals surface area contributed by atoms with Crippen LogP contribution < -0.4 is 5.32 Å². The number of hydrogen-bond acceptors (Lipinski definition) is 3. The van der Waals surface area contributed by atoms with Crippen LogP contribution in [0.3, 0.4) is 0 Å². The lowest BCUT2D eigenvalue weighted by molar-refractivity contribution is -0.183. The highest BCUT2D eigenvalue weighted by Gasteiger charge is 2.58. The van der Waals surface area contributed by atoms with Gasteiger partial charge in [0.1, 0.15) is 0 Å². The molecule has 1 aliphatic heterocycles. The Morgan fingerprint density at radius 1 is 1.13 bits per heavy atom. The van der Waals surface area contributed by atoms with E-state index < -0.39 is 0 Å². The number of nitrogens with one attached hydrogen (secondary N) is 1. The molecule has 3 aliphatic rings. The monoisotopic (exact) mass is 322 g/mol. The molecule has 3 atom stereocenters. The number of carbonyl (C=O) groups is 2. The Bertz CT molecular complexity index is 500. The van der Waals surface area contributed by atoms with E-state index in [4.69, 9.17) is 4.74 Å². The van der Waals surface area contributed by atoms with Gasteiger partial charge in [-0.25, -0.2) is 0 Å². The zero-order valence-corrected chi connectivity index (χ0v) is 14.9. The average Bonchev–Trinajstić information content (AvgIpc) is 3.38. The Morgan fingerprint density at radius 3 is 2.39 bits per heavy atom. The Hall–Kier alpha value is -1.10. The van der Waals surface area contributed by atoms with E-state index in [1.165, 1.54) is 0 Å². The van der Waals surface area contributed by atoms with Crippen molar-refractivity contribution in [1.82, 2.24) is 10.2 Å². The van der Waals surface area contributed by atoms with Gasteiger partial charge in [-0.05, 0) is 39.0 Å². The summed E-state index contributed by atoms with van der Waals surface area (Å²) in [6, 6.07) is 0.148. The second-order valence-electron chi connectivity index (χ2n) is 8.32. The van der Waals surface area contributed by atoms with Crippen LogP contribution in [0.25, 0.3) is 0 Å². The van der Waals surface area contributed by atoms with Gasteiger partial charge in [0.15, 0.2) is 0 Å². The number of amides is 2. The number of ether oxygens (including phenoxy) is 1. The van der Waals surface area contributed by atoms with Crippen LogP contribution in [0.5, 0.6) is 0 Å². The van der Waals surface area contributed by atoms with Crippen LogP contribution >= 0.6 is 0 Å². The molecule has 3 rings (SSSR count). The van der Waals surface area contributed by atoms with Gasteiger partial charge in [0.2, 0.25) is 11.8 Å². The van der Waals surface area contributed by atoms with Gasteiger partial charge >= 0.3 is 0 Å². The van der Waals surface area contributed by atoms with Crippen molar-refractivity contribution in [1.29, 1.82) is 0 Å². The highest BCUT2D eigenvalue weighted by atomic mass is 16.5. The van der Waals surface area contributed by atoms with Gasteiger partial charge < -0.3 is 15.0 Å². The molecule has 0 radical (unpaired) electrons. The Morgan fingerprint density at radius 2 is 1.83 bits per heavy atom. The van der Waals surface area contributed by atoms with E-state index in [9.17, 15) is 9.59 Å². The lowest BCUT2D eigenvalue weighted by Gasteiger charge is -2.59. The molecule has 1 N–H and O–H groups in total. The van der Waals surface area contributed by atoms with Crippen LogP contribution in [-0.2, 0) is 14.3 Å². The SMILES string of the molecule is CO[C@]1(C)C[C@@H](NC(=O)[C@@H]2CCCN(C(=O)C3CC3)C2)C1(C)C. The molecule has 5 nitrogen and oxygen atoms in total. The highest BCUT2D eigenvalue weighted by molar-refractivity contribution is 5.83. The number of carbonyl (C=O) groups excluding carboxylic acids is 2. The molecule has 0 aromatic heterocycles. The Balaban J connectivity index is 1.55. The molecule has 130 valence electrons. The molecule has 0 spiro atoms. The zero-order chi connectivity index (χ0) is 16.8. The van der Waals surface area contributed by atoms with E-state index in [2.05, 4.69) is 26.1 Å². The highest BCUT2D eigenvalue weighted by Crippen LogP contribution is 2.51. The molecule has 2 aliphatic carbocycles. The molecule has 0 unspecified atom stereocenters. The summed E-state index contributed by atoms with van der Waals surface area (Å²) in [5.41, 5.74) is -0.249. The smallest absolute Gasteiger partial charge is 0.225 e. The van der Waals surface area contributed by atoms with Crippen molar-refractivity contribution in [3.05, 3.63) is 0 Å².